The predicted molar refractivity (Wildman–Crippen MR) is 77.8 cm³/mol. The molecule has 0 unspecified atom stereocenters. The molecule has 0 amide bonds. The van der Waals surface area contributed by atoms with Crippen molar-refractivity contribution in [1.82, 2.24) is 4.57 Å². The molecule has 0 radical (unpaired) electrons. The quantitative estimate of drug-likeness (QED) is 0.847. The average molecular weight is 245 g/mol. The van der Waals surface area contributed by atoms with Crippen molar-refractivity contribution in [2.45, 2.75) is 33.2 Å². The molecule has 98 valence electrons. The maximum absolute atomic E-state index is 5.70. The van der Waals surface area contributed by atoms with E-state index >= 15 is 0 Å². The highest BCUT2D eigenvalue weighted by Crippen LogP contribution is 2.25. The molecular formula is C15H23N3. The molecule has 2 aromatic rings. The van der Waals surface area contributed by atoms with E-state index < -0.39 is 0 Å². The van der Waals surface area contributed by atoms with Gasteiger partial charge in [0.05, 0.1) is 0 Å². The van der Waals surface area contributed by atoms with Crippen molar-refractivity contribution in [3.05, 3.63) is 35.0 Å². The SMILES string of the molecule is Cc1cc2c(CCN)cn(CCCN)c2cc1C. The van der Waals surface area contributed by atoms with Gasteiger partial charge in [0.2, 0.25) is 0 Å². The van der Waals surface area contributed by atoms with Crippen LogP contribution in [0.5, 0.6) is 0 Å². The molecule has 0 atom stereocenters. The molecule has 4 N–H and O–H groups in total. The van der Waals surface area contributed by atoms with Crippen LogP contribution in [-0.2, 0) is 13.0 Å². The minimum Gasteiger partial charge on any atom is -0.347 e. The Balaban J connectivity index is 2.53. The van der Waals surface area contributed by atoms with E-state index in [1.165, 1.54) is 27.6 Å². The van der Waals surface area contributed by atoms with E-state index in [-0.39, 0.29) is 0 Å². The molecule has 1 aromatic carbocycles. The van der Waals surface area contributed by atoms with Crippen LogP contribution in [-0.4, -0.2) is 17.7 Å². The molecule has 1 aromatic heterocycles. The Morgan fingerprint density at radius 1 is 1.06 bits per heavy atom. The van der Waals surface area contributed by atoms with Crippen LogP contribution in [0.15, 0.2) is 18.3 Å². The Morgan fingerprint density at radius 3 is 2.44 bits per heavy atom. The molecule has 0 fully saturated rings. The van der Waals surface area contributed by atoms with Crippen molar-refractivity contribution in [2.24, 2.45) is 11.5 Å². The van der Waals surface area contributed by atoms with Crippen LogP contribution in [0.1, 0.15) is 23.1 Å². The average Bonchev–Trinajstić information content (AvgIpc) is 2.66. The highest BCUT2D eigenvalue weighted by molar-refractivity contribution is 5.85. The fourth-order valence-electron chi connectivity index (χ4n) is 2.42. The summed E-state index contributed by atoms with van der Waals surface area (Å²) in [6, 6.07) is 4.57. The predicted octanol–water partition coefficient (Wildman–Crippen LogP) is 2.11. The van der Waals surface area contributed by atoms with Crippen molar-refractivity contribution in [3.63, 3.8) is 0 Å². The lowest BCUT2D eigenvalue weighted by Crippen LogP contribution is -2.05. The number of nitrogens with zero attached hydrogens (tertiary/aromatic N) is 1. The van der Waals surface area contributed by atoms with Gasteiger partial charge in [-0.05, 0) is 68.6 Å². The molecule has 18 heavy (non-hydrogen) atoms. The molecule has 0 aliphatic heterocycles. The first kappa shape index (κ1) is 13.1. The molecule has 1 heterocycles. The van der Waals surface area contributed by atoms with Gasteiger partial charge in [-0.15, -0.1) is 0 Å². The first-order valence-corrected chi connectivity index (χ1v) is 6.66. The lowest BCUT2D eigenvalue weighted by atomic mass is 10.0. The minimum absolute atomic E-state index is 0.697. The third kappa shape index (κ3) is 2.42. The molecule has 0 bridgehead atoms. The highest BCUT2D eigenvalue weighted by atomic mass is 15.0. The standard InChI is InChI=1S/C15H23N3/c1-11-8-14-13(4-6-17)10-18(7-3-5-16)15(14)9-12(11)2/h8-10H,3-7,16-17H2,1-2H3. The number of hydrogen-bond acceptors (Lipinski definition) is 2. The maximum atomic E-state index is 5.70. The van der Waals surface area contributed by atoms with Crippen LogP contribution in [0.25, 0.3) is 10.9 Å². The summed E-state index contributed by atoms with van der Waals surface area (Å²) >= 11 is 0. The topological polar surface area (TPSA) is 57.0 Å². The van der Waals surface area contributed by atoms with Gasteiger partial charge in [-0.25, -0.2) is 0 Å². The van der Waals surface area contributed by atoms with E-state index in [4.69, 9.17) is 11.5 Å². The monoisotopic (exact) mass is 245 g/mol. The molecule has 0 aliphatic carbocycles. The van der Waals surface area contributed by atoms with Gasteiger partial charge in [0.25, 0.3) is 0 Å². The molecule has 0 saturated heterocycles. The second-order valence-electron chi connectivity index (χ2n) is 4.98. The Kier molecular flexibility index (Phi) is 4.04. The smallest absolute Gasteiger partial charge is 0.0486 e. The van der Waals surface area contributed by atoms with E-state index in [0.717, 1.165) is 25.9 Å². The molecule has 0 spiro atoms. The Bertz CT molecular complexity index is 540. The van der Waals surface area contributed by atoms with Crippen LogP contribution in [0.2, 0.25) is 0 Å². The van der Waals surface area contributed by atoms with E-state index in [1.54, 1.807) is 0 Å². The summed E-state index contributed by atoms with van der Waals surface area (Å²) < 4.78 is 2.32. The van der Waals surface area contributed by atoms with Gasteiger partial charge in [-0.3, -0.25) is 0 Å². The second kappa shape index (κ2) is 5.55. The zero-order chi connectivity index (χ0) is 13.1. The molecule has 0 saturated carbocycles. The number of aryl methyl sites for hydroxylation is 3. The molecule has 3 heteroatoms. The van der Waals surface area contributed by atoms with Gasteiger partial charge >= 0.3 is 0 Å². The molecule has 0 aliphatic rings. The largest absolute Gasteiger partial charge is 0.347 e. The van der Waals surface area contributed by atoms with Gasteiger partial charge in [0.15, 0.2) is 0 Å². The normalized spacial score (nSPS) is 11.3. The first-order valence-electron chi connectivity index (χ1n) is 6.66. The van der Waals surface area contributed by atoms with Gasteiger partial charge < -0.3 is 16.0 Å². The highest BCUT2D eigenvalue weighted by Gasteiger charge is 2.09. The van der Waals surface area contributed by atoms with E-state index in [1.807, 2.05) is 0 Å². The Hall–Kier alpha value is -1.32. The number of hydrogen-bond donors (Lipinski definition) is 2. The first-order chi connectivity index (χ1) is 8.67. The lowest BCUT2D eigenvalue weighted by Gasteiger charge is -2.06. The number of benzene rings is 1. The van der Waals surface area contributed by atoms with Crippen LogP contribution in [0, 0.1) is 13.8 Å². The van der Waals surface area contributed by atoms with Gasteiger partial charge in [-0.2, -0.15) is 0 Å². The fourth-order valence-corrected chi connectivity index (χ4v) is 2.42. The number of rotatable bonds is 5. The van der Waals surface area contributed by atoms with Crippen molar-refractivity contribution < 1.29 is 0 Å². The van der Waals surface area contributed by atoms with Crippen molar-refractivity contribution in [1.29, 1.82) is 0 Å². The summed E-state index contributed by atoms with van der Waals surface area (Å²) in [6.07, 6.45) is 4.19. The zero-order valence-electron chi connectivity index (χ0n) is 11.4. The fraction of sp³-hybridized carbons (Fsp3) is 0.467. The second-order valence-corrected chi connectivity index (χ2v) is 4.98. The minimum atomic E-state index is 0.697. The van der Waals surface area contributed by atoms with Crippen molar-refractivity contribution in [3.8, 4) is 0 Å². The Morgan fingerprint density at radius 2 is 1.78 bits per heavy atom. The summed E-state index contributed by atoms with van der Waals surface area (Å²) in [5, 5.41) is 1.35. The molecule has 3 nitrogen and oxygen atoms in total. The van der Waals surface area contributed by atoms with Crippen LogP contribution >= 0.6 is 0 Å². The molecular weight excluding hydrogens is 222 g/mol. The van der Waals surface area contributed by atoms with Crippen molar-refractivity contribution >= 4 is 10.9 Å². The maximum Gasteiger partial charge on any atom is 0.0486 e. The summed E-state index contributed by atoms with van der Waals surface area (Å²) in [7, 11) is 0. The third-order valence-corrected chi connectivity index (χ3v) is 3.60. The summed E-state index contributed by atoms with van der Waals surface area (Å²) in [5.41, 5.74) is 16.7. The van der Waals surface area contributed by atoms with E-state index in [9.17, 15) is 0 Å². The summed E-state index contributed by atoms with van der Waals surface area (Å²) in [6.45, 7) is 6.75. The van der Waals surface area contributed by atoms with E-state index in [2.05, 4.69) is 36.7 Å². The zero-order valence-corrected chi connectivity index (χ0v) is 11.4. The van der Waals surface area contributed by atoms with Crippen LogP contribution in [0.4, 0.5) is 0 Å². The van der Waals surface area contributed by atoms with Crippen LogP contribution in [0.3, 0.4) is 0 Å². The summed E-state index contributed by atoms with van der Waals surface area (Å²) in [5.74, 6) is 0. The lowest BCUT2D eigenvalue weighted by molar-refractivity contribution is 0.668. The molecule has 2 rings (SSSR count). The van der Waals surface area contributed by atoms with Crippen molar-refractivity contribution in [2.75, 3.05) is 13.1 Å². The Labute approximate surface area is 109 Å². The number of aromatic nitrogens is 1. The van der Waals surface area contributed by atoms with E-state index in [0.29, 0.717) is 6.54 Å². The summed E-state index contributed by atoms with van der Waals surface area (Å²) in [4.78, 5) is 0. The van der Waals surface area contributed by atoms with Gasteiger partial charge in [0, 0.05) is 23.6 Å². The number of nitrogens with two attached hydrogens (primary N) is 2. The van der Waals surface area contributed by atoms with Crippen LogP contribution < -0.4 is 11.5 Å². The van der Waals surface area contributed by atoms with Gasteiger partial charge in [-0.1, -0.05) is 0 Å². The third-order valence-electron chi connectivity index (χ3n) is 3.60. The number of fused-ring (bicyclic) bond motifs is 1. The van der Waals surface area contributed by atoms with Gasteiger partial charge in [0.1, 0.15) is 0 Å².